The standard InChI is InChI=1S/C21H18F3N3O/c22-21(23,24)16-5-3-6-17(14-16)26-10-12-27(13-11-26)20(28)19-9-8-15-4-1-2-7-18(15)25-19/h1-9,14H,10-13H2. The third-order valence-electron chi connectivity index (χ3n) is 4.92. The normalized spacial score (nSPS) is 15.1. The molecular weight excluding hydrogens is 367 g/mol. The minimum Gasteiger partial charge on any atom is -0.368 e. The Morgan fingerprint density at radius 1 is 0.893 bits per heavy atom. The van der Waals surface area contributed by atoms with Crippen molar-refractivity contribution in [2.45, 2.75) is 6.18 Å². The third kappa shape index (κ3) is 3.65. The fourth-order valence-electron chi connectivity index (χ4n) is 3.39. The van der Waals surface area contributed by atoms with Crippen LogP contribution in [0.25, 0.3) is 10.9 Å². The SMILES string of the molecule is O=C(c1ccc2ccccc2n1)N1CCN(c2cccc(C(F)(F)F)c2)CC1. The summed E-state index contributed by atoms with van der Waals surface area (Å²) in [6.07, 6.45) is -4.37. The summed E-state index contributed by atoms with van der Waals surface area (Å²) >= 11 is 0. The van der Waals surface area contributed by atoms with Crippen molar-refractivity contribution in [3.63, 3.8) is 0 Å². The van der Waals surface area contributed by atoms with Gasteiger partial charge in [0, 0.05) is 37.3 Å². The van der Waals surface area contributed by atoms with Gasteiger partial charge >= 0.3 is 6.18 Å². The lowest BCUT2D eigenvalue weighted by Crippen LogP contribution is -2.49. The largest absolute Gasteiger partial charge is 0.416 e. The molecule has 0 unspecified atom stereocenters. The van der Waals surface area contributed by atoms with Crippen molar-refractivity contribution in [2.75, 3.05) is 31.1 Å². The number of piperazine rings is 1. The van der Waals surface area contributed by atoms with Gasteiger partial charge in [-0.2, -0.15) is 13.2 Å². The molecule has 4 rings (SSSR count). The zero-order valence-corrected chi connectivity index (χ0v) is 15.0. The minimum absolute atomic E-state index is 0.158. The van der Waals surface area contributed by atoms with Gasteiger partial charge in [-0.15, -0.1) is 0 Å². The van der Waals surface area contributed by atoms with E-state index >= 15 is 0 Å². The molecule has 4 nitrogen and oxygen atoms in total. The highest BCUT2D eigenvalue weighted by Crippen LogP contribution is 2.32. The first-order chi connectivity index (χ1) is 13.4. The molecule has 0 bridgehead atoms. The van der Waals surface area contributed by atoms with E-state index in [0.717, 1.165) is 23.0 Å². The maximum absolute atomic E-state index is 12.9. The van der Waals surface area contributed by atoms with Gasteiger partial charge in [-0.3, -0.25) is 4.79 Å². The van der Waals surface area contributed by atoms with Gasteiger partial charge < -0.3 is 9.80 Å². The lowest BCUT2D eigenvalue weighted by atomic mass is 10.1. The molecule has 1 saturated heterocycles. The first-order valence-electron chi connectivity index (χ1n) is 8.99. The van der Waals surface area contributed by atoms with Gasteiger partial charge in [0.1, 0.15) is 5.69 Å². The lowest BCUT2D eigenvalue weighted by molar-refractivity contribution is -0.137. The van der Waals surface area contributed by atoms with Gasteiger partial charge in [0.05, 0.1) is 11.1 Å². The minimum atomic E-state index is -4.37. The Hall–Kier alpha value is -3.09. The van der Waals surface area contributed by atoms with E-state index < -0.39 is 11.7 Å². The molecule has 2 heterocycles. The summed E-state index contributed by atoms with van der Waals surface area (Å²) in [5.74, 6) is -0.158. The fraction of sp³-hybridized carbons (Fsp3) is 0.238. The monoisotopic (exact) mass is 385 g/mol. The number of anilines is 1. The molecule has 28 heavy (non-hydrogen) atoms. The number of pyridine rings is 1. The summed E-state index contributed by atoms with van der Waals surface area (Å²) in [5.41, 5.74) is 0.997. The highest BCUT2D eigenvalue weighted by molar-refractivity contribution is 5.95. The second-order valence-electron chi connectivity index (χ2n) is 6.72. The molecule has 0 atom stereocenters. The van der Waals surface area contributed by atoms with E-state index in [-0.39, 0.29) is 5.91 Å². The molecular formula is C21H18F3N3O. The molecule has 7 heteroatoms. The van der Waals surface area contributed by atoms with Crippen LogP contribution in [0.2, 0.25) is 0 Å². The van der Waals surface area contributed by atoms with Gasteiger partial charge in [-0.05, 0) is 30.3 Å². The first-order valence-corrected chi connectivity index (χ1v) is 8.99. The maximum atomic E-state index is 12.9. The number of alkyl halides is 3. The summed E-state index contributed by atoms with van der Waals surface area (Å²) < 4.78 is 38.8. The number of hydrogen-bond donors (Lipinski definition) is 0. The smallest absolute Gasteiger partial charge is 0.368 e. The van der Waals surface area contributed by atoms with Crippen molar-refractivity contribution in [1.82, 2.24) is 9.88 Å². The number of rotatable bonds is 2. The Morgan fingerprint density at radius 2 is 1.64 bits per heavy atom. The lowest BCUT2D eigenvalue weighted by Gasteiger charge is -2.36. The summed E-state index contributed by atoms with van der Waals surface area (Å²) in [6.45, 7) is 1.81. The molecule has 0 radical (unpaired) electrons. The molecule has 0 spiro atoms. The Balaban J connectivity index is 1.45. The molecule has 0 N–H and O–H groups in total. The number of hydrogen-bond acceptors (Lipinski definition) is 3. The number of fused-ring (bicyclic) bond motifs is 1. The van der Waals surface area contributed by atoms with Gasteiger partial charge in [0.2, 0.25) is 0 Å². The second kappa shape index (κ2) is 7.14. The second-order valence-corrected chi connectivity index (χ2v) is 6.72. The molecule has 2 aromatic carbocycles. The molecule has 1 fully saturated rings. The van der Waals surface area contributed by atoms with Crippen LogP contribution in [0.4, 0.5) is 18.9 Å². The molecule has 1 aromatic heterocycles. The van der Waals surface area contributed by atoms with Crippen LogP contribution in [0.15, 0.2) is 60.7 Å². The van der Waals surface area contributed by atoms with Crippen molar-refractivity contribution in [1.29, 1.82) is 0 Å². The van der Waals surface area contributed by atoms with Crippen molar-refractivity contribution in [3.05, 3.63) is 71.9 Å². The molecule has 0 saturated carbocycles. The zero-order valence-electron chi connectivity index (χ0n) is 15.0. The molecule has 1 aliphatic heterocycles. The number of nitrogens with zero attached hydrogens (tertiary/aromatic N) is 3. The molecule has 1 amide bonds. The van der Waals surface area contributed by atoms with Crippen LogP contribution >= 0.6 is 0 Å². The first kappa shape index (κ1) is 18.3. The van der Waals surface area contributed by atoms with E-state index in [1.54, 1.807) is 17.0 Å². The van der Waals surface area contributed by atoms with Gasteiger partial charge in [0.25, 0.3) is 5.91 Å². The highest BCUT2D eigenvalue weighted by Gasteiger charge is 2.31. The van der Waals surface area contributed by atoms with Crippen LogP contribution < -0.4 is 4.90 Å². The molecule has 0 aliphatic carbocycles. The third-order valence-corrected chi connectivity index (χ3v) is 4.92. The topological polar surface area (TPSA) is 36.4 Å². The van der Waals surface area contributed by atoms with Crippen molar-refractivity contribution in [2.24, 2.45) is 0 Å². The van der Waals surface area contributed by atoms with Crippen molar-refractivity contribution in [3.8, 4) is 0 Å². The number of carbonyl (C=O) groups excluding carboxylic acids is 1. The quantitative estimate of drug-likeness (QED) is 0.663. The summed E-state index contributed by atoms with van der Waals surface area (Å²) in [7, 11) is 0. The number of carbonyl (C=O) groups is 1. The number of para-hydroxylation sites is 1. The number of aromatic nitrogens is 1. The van der Waals surface area contributed by atoms with Gasteiger partial charge in [0.15, 0.2) is 0 Å². The average Bonchev–Trinajstić information content (AvgIpc) is 2.72. The molecule has 144 valence electrons. The Bertz CT molecular complexity index is 1010. The van der Waals surface area contributed by atoms with Crippen molar-refractivity contribution < 1.29 is 18.0 Å². The predicted molar refractivity (Wildman–Crippen MR) is 101 cm³/mol. The maximum Gasteiger partial charge on any atom is 0.416 e. The highest BCUT2D eigenvalue weighted by atomic mass is 19.4. The molecule has 1 aliphatic rings. The van der Waals surface area contributed by atoms with Gasteiger partial charge in [-0.1, -0.05) is 30.3 Å². The summed E-state index contributed by atoms with van der Waals surface area (Å²) in [4.78, 5) is 20.8. The van der Waals surface area contributed by atoms with Crippen LogP contribution in [0.5, 0.6) is 0 Å². The van der Waals surface area contributed by atoms with Crippen LogP contribution in [-0.4, -0.2) is 42.0 Å². The van der Waals surface area contributed by atoms with E-state index in [0.29, 0.717) is 37.6 Å². The Labute approximate surface area is 160 Å². The summed E-state index contributed by atoms with van der Waals surface area (Å²) in [6, 6.07) is 16.5. The van der Waals surface area contributed by atoms with E-state index in [2.05, 4.69) is 4.98 Å². The predicted octanol–water partition coefficient (Wildman–Crippen LogP) is 4.22. The number of amides is 1. The molecule has 3 aromatic rings. The van der Waals surface area contributed by atoms with E-state index in [1.165, 1.54) is 6.07 Å². The van der Waals surface area contributed by atoms with Crippen LogP contribution in [0, 0.1) is 0 Å². The van der Waals surface area contributed by atoms with Crippen LogP contribution in [0.1, 0.15) is 16.1 Å². The summed E-state index contributed by atoms with van der Waals surface area (Å²) in [5, 5.41) is 0.966. The Morgan fingerprint density at radius 3 is 2.39 bits per heavy atom. The average molecular weight is 385 g/mol. The van der Waals surface area contributed by atoms with E-state index in [1.807, 2.05) is 35.2 Å². The van der Waals surface area contributed by atoms with Gasteiger partial charge in [-0.25, -0.2) is 4.98 Å². The number of halogens is 3. The van der Waals surface area contributed by atoms with Crippen LogP contribution in [-0.2, 0) is 6.18 Å². The van der Waals surface area contributed by atoms with E-state index in [9.17, 15) is 18.0 Å². The Kier molecular flexibility index (Phi) is 4.66. The zero-order chi connectivity index (χ0) is 19.7. The van der Waals surface area contributed by atoms with Crippen LogP contribution in [0.3, 0.4) is 0 Å². The van der Waals surface area contributed by atoms with E-state index in [4.69, 9.17) is 0 Å². The van der Waals surface area contributed by atoms with Crippen molar-refractivity contribution >= 4 is 22.5 Å². The fourth-order valence-corrected chi connectivity index (χ4v) is 3.39. The number of benzene rings is 2.